The van der Waals surface area contributed by atoms with Gasteiger partial charge in [-0.2, -0.15) is 0 Å². The highest BCUT2D eigenvalue weighted by molar-refractivity contribution is 7.90. The second kappa shape index (κ2) is 5.26. The van der Waals surface area contributed by atoms with Crippen molar-refractivity contribution in [2.24, 2.45) is 5.92 Å². The third-order valence-electron chi connectivity index (χ3n) is 4.03. The fourth-order valence-electron chi connectivity index (χ4n) is 3.04. The molecule has 0 bridgehead atoms. The molecule has 7 heteroatoms. The molecule has 1 N–H and O–H groups in total. The van der Waals surface area contributed by atoms with E-state index in [0.29, 0.717) is 16.5 Å². The van der Waals surface area contributed by atoms with Crippen LogP contribution in [0.1, 0.15) is 19.4 Å². The summed E-state index contributed by atoms with van der Waals surface area (Å²) in [5.41, 5.74) is 1.35. The van der Waals surface area contributed by atoms with Gasteiger partial charge >= 0.3 is 0 Å². The number of hydrogen-bond acceptors (Lipinski definition) is 4. The lowest BCUT2D eigenvalue weighted by atomic mass is 9.95. The van der Waals surface area contributed by atoms with Crippen LogP contribution in [0, 0.1) is 5.92 Å². The first kappa shape index (κ1) is 14.8. The maximum absolute atomic E-state index is 12.1. The van der Waals surface area contributed by atoms with E-state index in [1.54, 1.807) is 18.2 Å². The summed E-state index contributed by atoms with van der Waals surface area (Å²) >= 11 is 6.32. The third-order valence-corrected chi connectivity index (χ3v) is 5.29. The number of para-hydroxylation sites is 1. The van der Waals surface area contributed by atoms with Gasteiger partial charge in [0, 0.05) is 12.3 Å². The predicted octanol–water partition coefficient (Wildman–Crippen LogP) is 2.26. The Labute approximate surface area is 129 Å². The molecule has 2 heterocycles. The Morgan fingerprint density at radius 1 is 1.43 bits per heavy atom. The lowest BCUT2D eigenvalue weighted by Gasteiger charge is -2.32. The first-order chi connectivity index (χ1) is 9.89. The number of benzene rings is 1. The molecule has 0 saturated carbocycles. The van der Waals surface area contributed by atoms with E-state index < -0.39 is 9.84 Å². The van der Waals surface area contributed by atoms with Gasteiger partial charge in [-0.25, -0.2) is 13.4 Å². The van der Waals surface area contributed by atoms with Crippen LogP contribution in [0.3, 0.4) is 0 Å². The quantitative estimate of drug-likeness (QED) is 0.919. The Bertz CT molecular complexity index is 785. The van der Waals surface area contributed by atoms with Crippen LogP contribution in [-0.2, 0) is 9.84 Å². The van der Waals surface area contributed by atoms with Gasteiger partial charge in [-0.15, -0.1) is 0 Å². The number of piperidine rings is 1. The van der Waals surface area contributed by atoms with Gasteiger partial charge in [-0.3, -0.25) is 0 Å². The summed E-state index contributed by atoms with van der Waals surface area (Å²) in [6.45, 7) is 3.84. The van der Waals surface area contributed by atoms with Crippen molar-refractivity contribution in [3.05, 3.63) is 23.2 Å². The Hall–Kier alpha value is -1.11. The molecule has 1 fully saturated rings. The van der Waals surface area contributed by atoms with Gasteiger partial charge in [0.2, 0.25) is 15.0 Å². The molecule has 21 heavy (non-hydrogen) atoms. The van der Waals surface area contributed by atoms with Gasteiger partial charge in [0.15, 0.2) is 0 Å². The minimum absolute atomic E-state index is 0.0841. The first-order valence-electron chi connectivity index (χ1n) is 6.97. The molecule has 0 amide bonds. The van der Waals surface area contributed by atoms with E-state index in [0.717, 1.165) is 25.0 Å². The molecule has 1 aliphatic heterocycles. The number of nitrogens with one attached hydrogen (secondary N) is 1. The average molecular weight is 328 g/mol. The van der Waals surface area contributed by atoms with Crippen LogP contribution in [0.5, 0.6) is 0 Å². The van der Waals surface area contributed by atoms with Crippen molar-refractivity contribution in [2.45, 2.75) is 24.5 Å². The third kappa shape index (κ3) is 2.56. The van der Waals surface area contributed by atoms with Gasteiger partial charge in [-0.05, 0) is 37.6 Å². The summed E-state index contributed by atoms with van der Waals surface area (Å²) in [6.07, 6.45) is 2.06. The number of rotatable bonds is 2. The van der Waals surface area contributed by atoms with Crippen LogP contribution in [-0.4, -0.2) is 37.3 Å². The molecule has 1 aromatic heterocycles. The number of hydrogen-bond donors (Lipinski definition) is 1. The molecule has 1 aliphatic rings. The smallest absolute Gasteiger partial charge is 0.228 e. The largest absolute Gasteiger partial charge is 0.316 e. The second-order valence-corrected chi connectivity index (χ2v) is 8.00. The molecular formula is C14H18ClN3O2S. The molecule has 0 unspecified atom stereocenters. The Morgan fingerprint density at radius 3 is 2.86 bits per heavy atom. The molecule has 1 aromatic carbocycles. The number of fused-ring (bicyclic) bond motifs is 1. The Morgan fingerprint density at radius 2 is 2.19 bits per heavy atom. The average Bonchev–Trinajstić information content (AvgIpc) is 2.80. The number of nitrogens with zero attached hydrogens (tertiary/aromatic N) is 2. The monoisotopic (exact) mass is 327 g/mol. The van der Waals surface area contributed by atoms with Crippen LogP contribution < -0.4 is 5.32 Å². The first-order valence-corrected chi connectivity index (χ1v) is 9.23. The van der Waals surface area contributed by atoms with Gasteiger partial charge in [0.1, 0.15) is 0 Å². The van der Waals surface area contributed by atoms with Crippen LogP contribution in [0.4, 0.5) is 0 Å². The van der Waals surface area contributed by atoms with Crippen molar-refractivity contribution >= 4 is 32.5 Å². The van der Waals surface area contributed by atoms with Crippen LogP contribution >= 0.6 is 11.6 Å². The summed E-state index contributed by atoms with van der Waals surface area (Å²) < 4.78 is 26.1. The zero-order chi connectivity index (χ0) is 15.2. The van der Waals surface area contributed by atoms with E-state index in [2.05, 4.69) is 17.2 Å². The van der Waals surface area contributed by atoms with Crippen LogP contribution in [0.25, 0.3) is 11.0 Å². The van der Waals surface area contributed by atoms with E-state index in [-0.39, 0.29) is 11.2 Å². The molecule has 114 valence electrons. The number of sulfone groups is 1. The number of halogens is 1. The van der Waals surface area contributed by atoms with Crippen molar-refractivity contribution in [3.63, 3.8) is 0 Å². The summed E-state index contributed by atoms with van der Waals surface area (Å²) in [4.78, 5) is 4.32. The Kier molecular flexibility index (Phi) is 3.71. The highest BCUT2D eigenvalue weighted by Crippen LogP contribution is 2.34. The van der Waals surface area contributed by atoms with Gasteiger partial charge in [0.05, 0.1) is 16.1 Å². The molecule has 0 spiro atoms. The molecule has 2 aromatic rings. The van der Waals surface area contributed by atoms with Crippen LogP contribution in [0.15, 0.2) is 23.4 Å². The molecular weight excluding hydrogens is 310 g/mol. The van der Waals surface area contributed by atoms with E-state index in [1.165, 1.54) is 6.26 Å². The molecule has 0 radical (unpaired) electrons. The highest BCUT2D eigenvalue weighted by Gasteiger charge is 2.30. The second-order valence-electron chi connectivity index (χ2n) is 5.68. The van der Waals surface area contributed by atoms with E-state index in [4.69, 9.17) is 11.6 Å². The van der Waals surface area contributed by atoms with Crippen molar-refractivity contribution in [1.82, 2.24) is 14.9 Å². The number of aromatic nitrogens is 2. The molecule has 0 aliphatic carbocycles. The molecule has 5 nitrogen and oxygen atoms in total. The summed E-state index contributed by atoms with van der Waals surface area (Å²) in [6, 6.07) is 5.46. The highest BCUT2D eigenvalue weighted by atomic mass is 35.5. The zero-order valence-corrected chi connectivity index (χ0v) is 13.6. The van der Waals surface area contributed by atoms with E-state index >= 15 is 0 Å². The van der Waals surface area contributed by atoms with Crippen molar-refractivity contribution in [1.29, 1.82) is 0 Å². The van der Waals surface area contributed by atoms with Gasteiger partial charge < -0.3 is 9.88 Å². The Balaban J connectivity index is 2.32. The lowest BCUT2D eigenvalue weighted by molar-refractivity contribution is 0.265. The SMILES string of the molecule is C[C@@H]1CNCC[C@H]1n1c(S(C)(=O)=O)nc2cccc(Cl)c21. The minimum Gasteiger partial charge on any atom is -0.316 e. The van der Waals surface area contributed by atoms with E-state index in [9.17, 15) is 8.42 Å². The van der Waals surface area contributed by atoms with Crippen molar-refractivity contribution in [2.75, 3.05) is 19.3 Å². The fourth-order valence-corrected chi connectivity index (χ4v) is 4.15. The fraction of sp³-hybridized carbons (Fsp3) is 0.500. The van der Waals surface area contributed by atoms with Crippen molar-refractivity contribution < 1.29 is 8.42 Å². The van der Waals surface area contributed by atoms with Gasteiger partial charge in [0.25, 0.3) is 0 Å². The maximum Gasteiger partial charge on any atom is 0.228 e. The molecule has 3 rings (SSSR count). The zero-order valence-electron chi connectivity index (χ0n) is 12.0. The molecule has 2 atom stereocenters. The predicted molar refractivity (Wildman–Crippen MR) is 83.5 cm³/mol. The standard InChI is InChI=1S/C14H18ClN3O2S/c1-9-8-16-7-6-12(9)18-13-10(15)4-3-5-11(13)17-14(18)21(2,19)20/h3-5,9,12,16H,6-8H2,1-2H3/t9-,12-/m1/s1. The molecule has 1 saturated heterocycles. The minimum atomic E-state index is -3.41. The van der Waals surface area contributed by atoms with Gasteiger partial charge in [-0.1, -0.05) is 24.6 Å². The van der Waals surface area contributed by atoms with Crippen LogP contribution in [0.2, 0.25) is 5.02 Å². The topological polar surface area (TPSA) is 64.0 Å². The number of imidazole rings is 1. The summed E-state index contributed by atoms with van der Waals surface area (Å²) in [7, 11) is -3.41. The maximum atomic E-state index is 12.1. The van der Waals surface area contributed by atoms with E-state index in [1.807, 2.05) is 4.57 Å². The summed E-state index contributed by atoms with van der Waals surface area (Å²) in [5.74, 6) is 0.313. The normalized spacial score (nSPS) is 23.6. The summed E-state index contributed by atoms with van der Waals surface area (Å²) in [5, 5.41) is 3.99. The van der Waals surface area contributed by atoms with Crippen molar-refractivity contribution in [3.8, 4) is 0 Å². The lowest BCUT2D eigenvalue weighted by Crippen LogP contribution is -2.37.